The standard InChI is InChI=1S/C14H25NO/c1-2-11-9-13(11)15-12-5-8-16-14(10-12)6-3-4-7-14/h11-13,15H,2-10H2,1H3. The lowest BCUT2D eigenvalue weighted by Crippen LogP contribution is -2.46. The smallest absolute Gasteiger partial charge is 0.0697 e. The zero-order valence-electron chi connectivity index (χ0n) is 10.5. The van der Waals surface area contributed by atoms with Gasteiger partial charge in [0.1, 0.15) is 0 Å². The molecule has 3 fully saturated rings. The summed E-state index contributed by atoms with van der Waals surface area (Å²) in [6.07, 6.45) is 10.7. The maximum atomic E-state index is 6.07. The van der Waals surface area contributed by atoms with E-state index in [-0.39, 0.29) is 5.60 Å². The summed E-state index contributed by atoms with van der Waals surface area (Å²) < 4.78 is 6.07. The lowest BCUT2D eigenvalue weighted by atomic mass is 9.89. The molecule has 1 aliphatic heterocycles. The molecule has 0 radical (unpaired) electrons. The second-order valence-electron chi connectivity index (χ2n) is 6.11. The molecular weight excluding hydrogens is 198 g/mol. The van der Waals surface area contributed by atoms with Gasteiger partial charge in [-0.15, -0.1) is 0 Å². The van der Waals surface area contributed by atoms with Crippen LogP contribution < -0.4 is 5.32 Å². The first-order valence-corrected chi connectivity index (χ1v) is 7.21. The first-order valence-electron chi connectivity index (χ1n) is 7.21. The third-order valence-corrected chi connectivity index (χ3v) is 4.90. The molecule has 16 heavy (non-hydrogen) atoms. The minimum atomic E-state index is 0.284. The van der Waals surface area contributed by atoms with Crippen molar-refractivity contribution < 1.29 is 4.74 Å². The van der Waals surface area contributed by atoms with Crippen LogP contribution in [-0.4, -0.2) is 24.3 Å². The van der Waals surface area contributed by atoms with Crippen LogP contribution in [0, 0.1) is 5.92 Å². The van der Waals surface area contributed by atoms with Crippen LogP contribution in [0.25, 0.3) is 0 Å². The van der Waals surface area contributed by atoms with Crippen LogP contribution in [0.1, 0.15) is 58.3 Å². The molecule has 1 heterocycles. The van der Waals surface area contributed by atoms with Gasteiger partial charge in [0, 0.05) is 18.7 Å². The van der Waals surface area contributed by atoms with Crippen molar-refractivity contribution in [3.05, 3.63) is 0 Å². The predicted molar refractivity (Wildman–Crippen MR) is 65.5 cm³/mol. The topological polar surface area (TPSA) is 21.3 Å². The summed E-state index contributed by atoms with van der Waals surface area (Å²) in [4.78, 5) is 0. The summed E-state index contributed by atoms with van der Waals surface area (Å²) in [6.45, 7) is 3.30. The van der Waals surface area contributed by atoms with E-state index in [4.69, 9.17) is 4.74 Å². The van der Waals surface area contributed by atoms with Gasteiger partial charge in [0.05, 0.1) is 5.60 Å². The second kappa shape index (κ2) is 4.30. The van der Waals surface area contributed by atoms with E-state index >= 15 is 0 Å². The lowest BCUT2D eigenvalue weighted by molar-refractivity contribution is -0.0839. The minimum Gasteiger partial charge on any atom is -0.375 e. The number of ether oxygens (including phenoxy) is 1. The molecule has 0 aromatic rings. The van der Waals surface area contributed by atoms with Crippen LogP contribution in [-0.2, 0) is 4.74 Å². The highest BCUT2D eigenvalue weighted by molar-refractivity contribution is 4.98. The van der Waals surface area contributed by atoms with Gasteiger partial charge in [-0.05, 0) is 38.0 Å². The number of hydrogen-bond donors (Lipinski definition) is 1. The molecule has 0 amide bonds. The van der Waals surface area contributed by atoms with Crippen LogP contribution in [0.15, 0.2) is 0 Å². The van der Waals surface area contributed by atoms with E-state index in [1.54, 1.807) is 0 Å². The number of nitrogens with one attached hydrogen (secondary N) is 1. The van der Waals surface area contributed by atoms with Crippen molar-refractivity contribution in [1.82, 2.24) is 5.32 Å². The number of hydrogen-bond acceptors (Lipinski definition) is 2. The van der Waals surface area contributed by atoms with Gasteiger partial charge in [0.15, 0.2) is 0 Å². The van der Waals surface area contributed by atoms with E-state index in [0.717, 1.165) is 24.6 Å². The van der Waals surface area contributed by atoms with Gasteiger partial charge in [-0.2, -0.15) is 0 Å². The van der Waals surface area contributed by atoms with E-state index in [2.05, 4.69) is 12.2 Å². The van der Waals surface area contributed by atoms with Crippen LogP contribution >= 0.6 is 0 Å². The van der Waals surface area contributed by atoms with Crippen LogP contribution in [0.3, 0.4) is 0 Å². The summed E-state index contributed by atoms with van der Waals surface area (Å²) in [5.41, 5.74) is 0.284. The quantitative estimate of drug-likeness (QED) is 0.794. The Morgan fingerprint density at radius 2 is 2.12 bits per heavy atom. The molecule has 3 aliphatic rings. The van der Waals surface area contributed by atoms with Crippen molar-refractivity contribution in [2.45, 2.75) is 76.0 Å². The molecule has 1 spiro atoms. The van der Waals surface area contributed by atoms with Crippen LogP contribution in [0.4, 0.5) is 0 Å². The van der Waals surface area contributed by atoms with Crippen molar-refractivity contribution in [3.63, 3.8) is 0 Å². The summed E-state index contributed by atoms with van der Waals surface area (Å²) in [7, 11) is 0. The van der Waals surface area contributed by atoms with Crippen molar-refractivity contribution in [2.75, 3.05) is 6.61 Å². The normalized spacial score (nSPS) is 41.4. The minimum absolute atomic E-state index is 0.284. The summed E-state index contributed by atoms with van der Waals surface area (Å²) in [6, 6.07) is 1.58. The SMILES string of the molecule is CCC1CC1NC1CCOC2(CCCC2)C1. The highest BCUT2D eigenvalue weighted by atomic mass is 16.5. The molecule has 0 aromatic heterocycles. The third-order valence-electron chi connectivity index (χ3n) is 4.90. The van der Waals surface area contributed by atoms with Gasteiger partial charge < -0.3 is 10.1 Å². The molecule has 3 atom stereocenters. The largest absolute Gasteiger partial charge is 0.375 e. The maximum Gasteiger partial charge on any atom is 0.0697 e. The summed E-state index contributed by atoms with van der Waals surface area (Å²) in [5, 5.41) is 3.86. The molecule has 2 heteroatoms. The van der Waals surface area contributed by atoms with Gasteiger partial charge in [0.25, 0.3) is 0 Å². The average molecular weight is 223 g/mol. The Hall–Kier alpha value is -0.0800. The predicted octanol–water partition coefficient (Wildman–Crippen LogP) is 2.87. The van der Waals surface area contributed by atoms with Crippen molar-refractivity contribution >= 4 is 0 Å². The Morgan fingerprint density at radius 3 is 2.81 bits per heavy atom. The van der Waals surface area contributed by atoms with Crippen LogP contribution in [0.5, 0.6) is 0 Å². The molecular formula is C14H25NO. The third kappa shape index (κ3) is 2.14. The average Bonchev–Trinajstić information content (AvgIpc) is 2.90. The fourth-order valence-electron chi connectivity index (χ4n) is 3.74. The van der Waals surface area contributed by atoms with Gasteiger partial charge in [-0.3, -0.25) is 0 Å². The summed E-state index contributed by atoms with van der Waals surface area (Å²) in [5.74, 6) is 0.974. The Bertz CT molecular complexity index is 247. The first-order chi connectivity index (χ1) is 7.81. The molecule has 92 valence electrons. The monoisotopic (exact) mass is 223 g/mol. The Morgan fingerprint density at radius 1 is 1.31 bits per heavy atom. The molecule has 3 rings (SSSR count). The molecule has 2 nitrogen and oxygen atoms in total. The Labute approximate surface area is 99.1 Å². The van der Waals surface area contributed by atoms with Gasteiger partial charge in [-0.1, -0.05) is 26.2 Å². The zero-order chi connectivity index (χ0) is 11.0. The van der Waals surface area contributed by atoms with E-state index in [9.17, 15) is 0 Å². The van der Waals surface area contributed by atoms with Crippen molar-refractivity contribution in [2.24, 2.45) is 5.92 Å². The maximum absolute atomic E-state index is 6.07. The highest BCUT2D eigenvalue weighted by Gasteiger charge is 2.43. The van der Waals surface area contributed by atoms with Crippen molar-refractivity contribution in [3.8, 4) is 0 Å². The second-order valence-corrected chi connectivity index (χ2v) is 6.11. The molecule has 1 N–H and O–H groups in total. The molecule has 0 bridgehead atoms. The molecule has 2 saturated carbocycles. The van der Waals surface area contributed by atoms with E-state index in [1.165, 1.54) is 51.4 Å². The fourth-order valence-corrected chi connectivity index (χ4v) is 3.74. The molecule has 2 aliphatic carbocycles. The van der Waals surface area contributed by atoms with Gasteiger partial charge in [-0.25, -0.2) is 0 Å². The first kappa shape index (κ1) is 11.0. The van der Waals surface area contributed by atoms with Crippen molar-refractivity contribution in [1.29, 1.82) is 0 Å². The number of rotatable bonds is 3. The molecule has 0 aromatic carbocycles. The fraction of sp³-hybridized carbons (Fsp3) is 1.00. The molecule has 3 unspecified atom stereocenters. The Kier molecular flexibility index (Phi) is 2.97. The lowest BCUT2D eigenvalue weighted by Gasteiger charge is -2.38. The van der Waals surface area contributed by atoms with E-state index in [0.29, 0.717) is 0 Å². The van der Waals surface area contributed by atoms with Crippen LogP contribution in [0.2, 0.25) is 0 Å². The van der Waals surface area contributed by atoms with Gasteiger partial charge >= 0.3 is 0 Å². The zero-order valence-corrected chi connectivity index (χ0v) is 10.5. The van der Waals surface area contributed by atoms with Gasteiger partial charge in [0.2, 0.25) is 0 Å². The van der Waals surface area contributed by atoms with E-state index < -0.39 is 0 Å². The highest BCUT2D eigenvalue weighted by Crippen LogP contribution is 2.41. The van der Waals surface area contributed by atoms with E-state index in [1.807, 2.05) is 0 Å². The Balaban J connectivity index is 1.52. The molecule has 1 saturated heterocycles. The summed E-state index contributed by atoms with van der Waals surface area (Å²) >= 11 is 0.